The molecule has 2 aliphatic rings. The Balaban J connectivity index is 1.70. The Morgan fingerprint density at radius 2 is 2.00 bits per heavy atom. The van der Waals surface area contributed by atoms with E-state index in [0.717, 1.165) is 30.8 Å². The Morgan fingerprint density at radius 1 is 1.35 bits per heavy atom. The lowest BCUT2D eigenvalue weighted by molar-refractivity contribution is -0.138. The molecule has 110 valence electrons. The van der Waals surface area contributed by atoms with Gasteiger partial charge in [-0.05, 0) is 45.4 Å². The molecule has 1 aromatic rings. The quantitative estimate of drug-likeness (QED) is 0.916. The molecule has 0 spiro atoms. The van der Waals surface area contributed by atoms with E-state index < -0.39 is 5.97 Å². The first-order valence-corrected chi connectivity index (χ1v) is 7.44. The SMILES string of the molecule is Cc1noc(C)c1CN1C2CCC1CC(CC(=O)O)C2. The average Bonchev–Trinajstić information content (AvgIpc) is 2.80. The molecule has 5 nitrogen and oxygen atoms in total. The lowest BCUT2D eigenvalue weighted by Crippen LogP contribution is -2.42. The van der Waals surface area contributed by atoms with Crippen molar-refractivity contribution in [3.63, 3.8) is 0 Å². The fourth-order valence-electron chi connectivity index (χ4n) is 3.97. The molecule has 0 radical (unpaired) electrons. The topological polar surface area (TPSA) is 66.6 Å². The third-order valence-corrected chi connectivity index (χ3v) is 4.97. The van der Waals surface area contributed by atoms with E-state index in [1.165, 1.54) is 18.4 Å². The molecule has 3 rings (SSSR count). The van der Waals surface area contributed by atoms with Gasteiger partial charge in [0.15, 0.2) is 0 Å². The van der Waals surface area contributed by atoms with Crippen LogP contribution in [-0.4, -0.2) is 33.2 Å². The molecule has 0 aromatic carbocycles. The Bertz CT molecular complexity index is 478. The second kappa shape index (κ2) is 5.20. The summed E-state index contributed by atoms with van der Waals surface area (Å²) in [5.41, 5.74) is 2.19. The third kappa shape index (κ3) is 2.46. The first-order chi connectivity index (χ1) is 9.54. The summed E-state index contributed by atoms with van der Waals surface area (Å²) in [7, 11) is 0. The number of piperidine rings is 1. The van der Waals surface area contributed by atoms with E-state index in [2.05, 4.69) is 10.1 Å². The molecule has 0 saturated carbocycles. The molecule has 2 saturated heterocycles. The summed E-state index contributed by atoms with van der Waals surface area (Å²) in [5, 5.41) is 13.0. The molecule has 1 N–H and O–H groups in total. The van der Waals surface area contributed by atoms with Gasteiger partial charge in [-0.1, -0.05) is 5.16 Å². The molecule has 0 aliphatic carbocycles. The molecular formula is C15H22N2O3. The van der Waals surface area contributed by atoms with Crippen molar-refractivity contribution in [2.75, 3.05) is 0 Å². The summed E-state index contributed by atoms with van der Waals surface area (Å²) >= 11 is 0. The maximum Gasteiger partial charge on any atom is 0.303 e. The van der Waals surface area contributed by atoms with E-state index >= 15 is 0 Å². The van der Waals surface area contributed by atoms with Gasteiger partial charge in [-0.2, -0.15) is 0 Å². The minimum absolute atomic E-state index is 0.326. The van der Waals surface area contributed by atoms with Gasteiger partial charge in [-0.3, -0.25) is 9.69 Å². The van der Waals surface area contributed by atoms with Gasteiger partial charge in [-0.15, -0.1) is 0 Å². The summed E-state index contributed by atoms with van der Waals surface area (Å²) < 4.78 is 5.25. The highest BCUT2D eigenvalue weighted by atomic mass is 16.5. The Labute approximate surface area is 118 Å². The summed E-state index contributed by atoms with van der Waals surface area (Å²) in [6, 6.07) is 1.07. The van der Waals surface area contributed by atoms with Crippen LogP contribution < -0.4 is 0 Å². The minimum atomic E-state index is -0.659. The standard InChI is InChI=1S/C15H22N2O3/c1-9-14(10(2)20-16-9)8-17-12-3-4-13(17)6-11(5-12)7-15(18)19/h11-13H,3-8H2,1-2H3,(H,18,19). The van der Waals surface area contributed by atoms with Crippen LogP contribution in [0, 0.1) is 19.8 Å². The number of aryl methyl sites for hydroxylation is 2. The van der Waals surface area contributed by atoms with Crippen molar-refractivity contribution in [2.24, 2.45) is 5.92 Å². The van der Waals surface area contributed by atoms with Crippen molar-refractivity contribution < 1.29 is 14.4 Å². The first kappa shape index (κ1) is 13.6. The molecule has 2 bridgehead atoms. The number of nitrogens with zero attached hydrogens (tertiary/aromatic N) is 2. The number of carboxylic acid groups (broad SMARTS) is 1. The first-order valence-electron chi connectivity index (χ1n) is 7.44. The van der Waals surface area contributed by atoms with Gasteiger partial charge >= 0.3 is 5.97 Å². The second-order valence-corrected chi connectivity index (χ2v) is 6.30. The monoisotopic (exact) mass is 278 g/mol. The van der Waals surface area contributed by atoms with Gasteiger partial charge in [0.2, 0.25) is 0 Å². The highest BCUT2D eigenvalue weighted by molar-refractivity contribution is 5.67. The zero-order valence-corrected chi connectivity index (χ0v) is 12.1. The number of hydrogen-bond acceptors (Lipinski definition) is 4. The van der Waals surface area contributed by atoms with Crippen LogP contribution in [0.25, 0.3) is 0 Å². The zero-order chi connectivity index (χ0) is 14.3. The molecule has 20 heavy (non-hydrogen) atoms. The Morgan fingerprint density at radius 3 is 2.50 bits per heavy atom. The summed E-state index contributed by atoms with van der Waals surface area (Å²) in [6.07, 6.45) is 4.76. The van der Waals surface area contributed by atoms with E-state index in [9.17, 15) is 4.79 Å². The predicted octanol–water partition coefficient (Wildman–Crippen LogP) is 2.51. The summed E-state index contributed by atoms with van der Waals surface area (Å²) in [6.45, 7) is 4.86. The number of rotatable bonds is 4. The zero-order valence-electron chi connectivity index (χ0n) is 12.1. The van der Waals surface area contributed by atoms with Gasteiger partial charge in [-0.25, -0.2) is 0 Å². The molecule has 0 amide bonds. The van der Waals surface area contributed by atoms with Crippen LogP contribution in [0.4, 0.5) is 0 Å². The highest BCUT2D eigenvalue weighted by Crippen LogP contribution is 2.41. The normalized spacial score (nSPS) is 29.8. The second-order valence-electron chi connectivity index (χ2n) is 6.30. The highest BCUT2D eigenvalue weighted by Gasteiger charge is 2.41. The van der Waals surface area contributed by atoms with E-state index in [-0.39, 0.29) is 0 Å². The van der Waals surface area contributed by atoms with Crippen LogP contribution in [0.15, 0.2) is 4.52 Å². The molecule has 5 heteroatoms. The Kier molecular flexibility index (Phi) is 3.54. The van der Waals surface area contributed by atoms with E-state index in [1.54, 1.807) is 0 Å². The van der Waals surface area contributed by atoms with Crippen molar-refractivity contribution >= 4 is 5.97 Å². The van der Waals surface area contributed by atoms with E-state index in [0.29, 0.717) is 24.4 Å². The predicted molar refractivity (Wildman–Crippen MR) is 73.3 cm³/mol. The van der Waals surface area contributed by atoms with Crippen LogP contribution in [-0.2, 0) is 11.3 Å². The summed E-state index contributed by atoms with van der Waals surface area (Å²) in [5.74, 6) is 0.606. The Hall–Kier alpha value is -1.36. The van der Waals surface area contributed by atoms with Crippen LogP contribution in [0.3, 0.4) is 0 Å². The van der Waals surface area contributed by atoms with Crippen molar-refractivity contribution in [3.05, 3.63) is 17.0 Å². The maximum absolute atomic E-state index is 10.9. The molecule has 2 atom stereocenters. The van der Waals surface area contributed by atoms with Crippen LogP contribution in [0.1, 0.15) is 49.1 Å². The number of hydrogen-bond donors (Lipinski definition) is 1. The van der Waals surface area contributed by atoms with Crippen LogP contribution in [0.2, 0.25) is 0 Å². The van der Waals surface area contributed by atoms with Crippen molar-refractivity contribution in [1.82, 2.24) is 10.1 Å². The van der Waals surface area contributed by atoms with Crippen LogP contribution >= 0.6 is 0 Å². The van der Waals surface area contributed by atoms with Gasteiger partial charge in [0, 0.05) is 30.6 Å². The number of aliphatic carboxylic acids is 1. The van der Waals surface area contributed by atoms with Gasteiger partial charge in [0.25, 0.3) is 0 Å². The smallest absolute Gasteiger partial charge is 0.303 e. The molecule has 3 heterocycles. The van der Waals surface area contributed by atoms with E-state index in [4.69, 9.17) is 9.63 Å². The average molecular weight is 278 g/mol. The molecule has 1 aromatic heterocycles. The molecular weight excluding hydrogens is 256 g/mol. The lowest BCUT2D eigenvalue weighted by atomic mass is 9.88. The number of fused-ring (bicyclic) bond motifs is 2. The van der Waals surface area contributed by atoms with Gasteiger partial charge in [0.05, 0.1) is 5.69 Å². The molecule has 2 unspecified atom stereocenters. The minimum Gasteiger partial charge on any atom is -0.481 e. The van der Waals surface area contributed by atoms with E-state index in [1.807, 2.05) is 13.8 Å². The number of carbonyl (C=O) groups is 1. The van der Waals surface area contributed by atoms with Crippen molar-refractivity contribution in [2.45, 2.75) is 64.6 Å². The number of carboxylic acids is 1. The summed E-state index contributed by atoms with van der Waals surface area (Å²) in [4.78, 5) is 13.4. The van der Waals surface area contributed by atoms with Crippen molar-refractivity contribution in [1.29, 1.82) is 0 Å². The number of aromatic nitrogens is 1. The van der Waals surface area contributed by atoms with Crippen molar-refractivity contribution in [3.8, 4) is 0 Å². The fraction of sp³-hybridized carbons (Fsp3) is 0.733. The maximum atomic E-state index is 10.9. The molecule has 2 fully saturated rings. The van der Waals surface area contributed by atoms with Gasteiger partial charge < -0.3 is 9.63 Å². The molecule has 2 aliphatic heterocycles. The lowest BCUT2D eigenvalue weighted by Gasteiger charge is -2.38. The largest absolute Gasteiger partial charge is 0.481 e. The van der Waals surface area contributed by atoms with Crippen LogP contribution in [0.5, 0.6) is 0 Å². The van der Waals surface area contributed by atoms with Gasteiger partial charge in [0.1, 0.15) is 5.76 Å². The fourth-order valence-corrected chi connectivity index (χ4v) is 3.97. The third-order valence-electron chi connectivity index (χ3n) is 4.97.